The van der Waals surface area contributed by atoms with Gasteiger partial charge in [0.1, 0.15) is 0 Å². The third kappa shape index (κ3) is 6.47. The standard InChI is InChI=1S/C23H33N3O4/c1-23(2,3)26-22(29)30-14-15-7-9-17(10-8-15)24-18-6-4-5-16(13-18)19-11-12-20(27)25-21(19)28/h4-6,13,15,17,19,24H,7-12,14H2,1-3H3,(H,26,29)(H,25,27,28). The van der Waals surface area contributed by atoms with Crippen LogP contribution in [0.25, 0.3) is 0 Å². The third-order valence-electron chi connectivity index (χ3n) is 5.67. The number of hydrogen-bond acceptors (Lipinski definition) is 5. The smallest absolute Gasteiger partial charge is 0.407 e. The zero-order valence-corrected chi connectivity index (χ0v) is 18.1. The molecule has 1 aromatic carbocycles. The van der Waals surface area contributed by atoms with Crippen molar-refractivity contribution < 1.29 is 19.1 Å². The summed E-state index contributed by atoms with van der Waals surface area (Å²) in [5.41, 5.74) is 1.65. The van der Waals surface area contributed by atoms with Crippen molar-refractivity contribution in [3.8, 4) is 0 Å². The number of anilines is 1. The monoisotopic (exact) mass is 415 g/mol. The zero-order chi connectivity index (χ0) is 21.7. The quantitative estimate of drug-likeness (QED) is 0.637. The highest BCUT2D eigenvalue weighted by molar-refractivity contribution is 6.01. The molecular weight excluding hydrogens is 382 g/mol. The van der Waals surface area contributed by atoms with Crippen LogP contribution in [0.1, 0.15) is 70.8 Å². The Kier molecular flexibility index (Phi) is 7.00. The van der Waals surface area contributed by atoms with Gasteiger partial charge in [0, 0.05) is 23.7 Å². The van der Waals surface area contributed by atoms with E-state index >= 15 is 0 Å². The lowest BCUT2D eigenvalue weighted by Gasteiger charge is -2.30. The van der Waals surface area contributed by atoms with Crippen LogP contribution in [0.15, 0.2) is 24.3 Å². The highest BCUT2D eigenvalue weighted by atomic mass is 16.5. The second-order valence-electron chi connectivity index (χ2n) is 9.46. The Balaban J connectivity index is 1.46. The summed E-state index contributed by atoms with van der Waals surface area (Å²) in [4.78, 5) is 35.3. The van der Waals surface area contributed by atoms with Gasteiger partial charge in [0.15, 0.2) is 0 Å². The maximum atomic E-state index is 12.1. The summed E-state index contributed by atoms with van der Waals surface area (Å²) in [5, 5.41) is 8.83. The summed E-state index contributed by atoms with van der Waals surface area (Å²) in [7, 11) is 0. The van der Waals surface area contributed by atoms with Crippen molar-refractivity contribution in [1.82, 2.24) is 10.6 Å². The molecule has 1 aromatic rings. The molecule has 1 saturated carbocycles. The summed E-state index contributed by atoms with van der Waals surface area (Å²) in [6.07, 6.45) is 4.62. The molecule has 2 fully saturated rings. The molecule has 1 saturated heterocycles. The first kappa shape index (κ1) is 22.1. The molecule has 0 spiro atoms. The number of amides is 3. The minimum atomic E-state index is -0.354. The van der Waals surface area contributed by atoms with Gasteiger partial charge in [0.25, 0.3) is 0 Å². The fourth-order valence-corrected chi connectivity index (χ4v) is 4.10. The van der Waals surface area contributed by atoms with Crippen LogP contribution < -0.4 is 16.0 Å². The average Bonchev–Trinajstić information content (AvgIpc) is 2.66. The van der Waals surface area contributed by atoms with Gasteiger partial charge in [-0.15, -0.1) is 0 Å². The Labute approximate surface area is 178 Å². The first-order valence-corrected chi connectivity index (χ1v) is 10.8. The minimum absolute atomic E-state index is 0.192. The van der Waals surface area contributed by atoms with Gasteiger partial charge in [-0.1, -0.05) is 12.1 Å². The van der Waals surface area contributed by atoms with E-state index in [1.165, 1.54) is 0 Å². The molecule has 3 rings (SSSR count). The molecular formula is C23H33N3O4. The SMILES string of the molecule is CC(C)(C)NC(=O)OCC1CCC(Nc2cccc(C3CCC(=O)NC3=O)c2)CC1. The number of rotatable bonds is 5. The van der Waals surface area contributed by atoms with Crippen LogP contribution in [-0.4, -0.2) is 36.1 Å². The Morgan fingerprint density at radius 1 is 1.13 bits per heavy atom. The van der Waals surface area contributed by atoms with E-state index in [0.29, 0.717) is 31.4 Å². The van der Waals surface area contributed by atoms with Crippen molar-refractivity contribution in [3.63, 3.8) is 0 Å². The lowest BCUT2D eigenvalue weighted by molar-refractivity contribution is -0.134. The van der Waals surface area contributed by atoms with Crippen LogP contribution in [0.5, 0.6) is 0 Å². The van der Waals surface area contributed by atoms with Crippen molar-refractivity contribution in [2.24, 2.45) is 5.92 Å². The van der Waals surface area contributed by atoms with E-state index in [9.17, 15) is 14.4 Å². The second kappa shape index (κ2) is 9.49. The molecule has 0 radical (unpaired) electrons. The fraction of sp³-hybridized carbons (Fsp3) is 0.609. The predicted octanol–water partition coefficient (Wildman–Crippen LogP) is 3.70. The number of hydrogen-bond donors (Lipinski definition) is 3. The molecule has 2 aliphatic rings. The number of nitrogens with one attached hydrogen (secondary N) is 3. The number of alkyl carbamates (subject to hydrolysis) is 1. The van der Waals surface area contributed by atoms with Crippen LogP contribution in [0.2, 0.25) is 0 Å². The molecule has 3 amide bonds. The lowest BCUT2D eigenvalue weighted by Crippen LogP contribution is -2.41. The minimum Gasteiger partial charge on any atom is -0.449 e. The number of imide groups is 1. The molecule has 30 heavy (non-hydrogen) atoms. The third-order valence-corrected chi connectivity index (χ3v) is 5.67. The van der Waals surface area contributed by atoms with E-state index in [1.54, 1.807) is 0 Å². The van der Waals surface area contributed by atoms with Crippen molar-refractivity contribution >= 4 is 23.6 Å². The Morgan fingerprint density at radius 3 is 2.53 bits per heavy atom. The van der Waals surface area contributed by atoms with Crippen molar-refractivity contribution in [3.05, 3.63) is 29.8 Å². The summed E-state index contributed by atoms with van der Waals surface area (Å²) in [5.74, 6) is -0.276. The molecule has 1 unspecified atom stereocenters. The predicted molar refractivity (Wildman–Crippen MR) is 115 cm³/mol. The van der Waals surface area contributed by atoms with Crippen molar-refractivity contribution in [1.29, 1.82) is 0 Å². The van der Waals surface area contributed by atoms with Gasteiger partial charge >= 0.3 is 6.09 Å². The van der Waals surface area contributed by atoms with E-state index in [-0.39, 0.29) is 29.4 Å². The molecule has 7 nitrogen and oxygen atoms in total. The van der Waals surface area contributed by atoms with Gasteiger partial charge in [0.05, 0.1) is 12.5 Å². The number of ether oxygens (including phenoxy) is 1. The van der Waals surface area contributed by atoms with E-state index < -0.39 is 0 Å². The molecule has 1 heterocycles. The van der Waals surface area contributed by atoms with Crippen molar-refractivity contribution in [2.75, 3.05) is 11.9 Å². The molecule has 1 aliphatic heterocycles. The molecule has 3 N–H and O–H groups in total. The molecule has 7 heteroatoms. The van der Waals surface area contributed by atoms with Crippen LogP contribution in [0.4, 0.5) is 10.5 Å². The van der Waals surface area contributed by atoms with Gasteiger partial charge in [0.2, 0.25) is 11.8 Å². The van der Waals surface area contributed by atoms with Crippen LogP contribution in [0, 0.1) is 5.92 Å². The first-order chi connectivity index (χ1) is 14.2. The van der Waals surface area contributed by atoms with Crippen LogP contribution in [0.3, 0.4) is 0 Å². The van der Waals surface area contributed by atoms with Crippen LogP contribution in [-0.2, 0) is 14.3 Å². The second-order valence-corrected chi connectivity index (χ2v) is 9.46. The summed E-state index contributed by atoms with van der Waals surface area (Å²) < 4.78 is 5.38. The topological polar surface area (TPSA) is 96.5 Å². The number of piperidine rings is 1. The molecule has 1 aliphatic carbocycles. The molecule has 0 bridgehead atoms. The number of benzene rings is 1. The van der Waals surface area contributed by atoms with E-state index in [1.807, 2.05) is 45.0 Å². The van der Waals surface area contributed by atoms with Gasteiger partial charge in [-0.05, 0) is 76.5 Å². The largest absolute Gasteiger partial charge is 0.449 e. The van der Waals surface area contributed by atoms with E-state index in [4.69, 9.17) is 4.74 Å². The maximum Gasteiger partial charge on any atom is 0.407 e. The van der Waals surface area contributed by atoms with E-state index in [0.717, 1.165) is 36.9 Å². The van der Waals surface area contributed by atoms with Gasteiger partial charge in [-0.2, -0.15) is 0 Å². The first-order valence-electron chi connectivity index (χ1n) is 10.8. The molecule has 1 atom stereocenters. The van der Waals surface area contributed by atoms with Gasteiger partial charge < -0.3 is 15.4 Å². The maximum absolute atomic E-state index is 12.1. The van der Waals surface area contributed by atoms with Gasteiger partial charge in [-0.25, -0.2) is 4.79 Å². The summed E-state index contributed by atoms with van der Waals surface area (Å²) >= 11 is 0. The lowest BCUT2D eigenvalue weighted by atomic mass is 9.86. The Hall–Kier alpha value is -2.57. The number of carbonyl (C=O) groups is 3. The zero-order valence-electron chi connectivity index (χ0n) is 18.1. The highest BCUT2D eigenvalue weighted by Crippen LogP contribution is 2.30. The fourth-order valence-electron chi connectivity index (χ4n) is 4.10. The van der Waals surface area contributed by atoms with Gasteiger partial charge in [-0.3, -0.25) is 14.9 Å². The molecule has 164 valence electrons. The van der Waals surface area contributed by atoms with E-state index in [2.05, 4.69) is 16.0 Å². The Bertz CT molecular complexity index is 779. The normalized spacial score (nSPS) is 24.7. The summed E-state index contributed by atoms with van der Waals surface area (Å²) in [6, 6.07) is 8.30. The Morgan fingerprint density at radius 2 is 1.87 bits per heavy atom. The summed E-state index contributed by atoms with van der Waals surface area (Å²) in [6.45, 7) is 6.25. The average molecular weight is 416 g/mol. The van der Waals surface area contributed by atoms with Crippen molar-refractivity contribution in [2.45, 2.75) is 76.8 Å². The molecule has 0 aromatic heterocycles. The highest BCUT2D eigenvalue weighted by Gasteiger charge is 2.28. The van der Waals surface area contributed by atoms with Crippen LogP contribution >= 0.6 is 0 Å². The number of carbonyl (C=O) groups excluding carboxylic acids is 3.